The molecule has 0 spiro atoms. The van der Waals surface area contributed by atoms with E-state index in [0.717, 1.165) is 56.8 Å². The fraction of sp³-hybridized carbons (Fsp3) is 0.381. The molecule has 0 amide bonds. The first kappa shape index (κ1) is 22.4. The molecule has 0 unspecified atom stereocenters. The van der Waals surface area contributed by atoms with Gasteiger partial charge in [-0.15, -0.1) is 23.7 Å². The van der Waals surface area contributed by atoms with Crippen LogP contribution in [0.3, 0.4) is 0 Å². The van der Waals surface area contributed by atoms with Gasteiger partial charge in [0.1, 0.15) is 5.75 Å². The van der Waals surface area contributed by atoms with Gasteiger partial charge in [0.05, 0.1) is 19.1 Å². The lowest BCUT2D eigenvalue weighted by molar-refractivity contribution is 0.206. The highest BCUT2D eigenvalue weighted by molar-refractivity contribution is 7.24. The van der Waals surface area contributed by atoms with Crippen molar-refractivity contribution >= 4 is 49.6 Å². The number of hydrogen-bond donors (Lipinski definition) is 2. The van der Waals surface area contributed by atoms with Crippen LogP contribution in [0.25, 0.3) is 20.2 Å². The Kier molecular flexibility index (Phi) is 8.07. The molecule has 3 aromatic rings. The third kappa shape index (κ3) is 4.58. The Morgan fingerprint density at radius 2 is 2.00 bits per heavy atom. The first-order valence-corrected chi connectivity index (χ1v) is 10.0. The second-order valence-corrected chi connectivity index (χ2v) is 7.56. The van der Waals surface area contributed by atoms with Crippen molar-refractivity contribution in [1.82, 2.24) is 4.90 Å². The van der Waals surface area contributed by atoms with Crippen LogP contribution in [-0.4, -0.2) is 49.9 Å². The second kappa shape index (κ2) is 10.1. The van der Waals surface area contributed by atoms with Crippen molar-refractivity contribution in [3.63, 3.8) is 0 Å². The molecule has 0 bridgehead atoms. The first-order chi connectivity index (χ1) is 13.1. The van der Waals surface area contributed by atoms with Gasteiger partial charge in [-0.05, 0) is 43.3 Å². The molecule has 0 radical (unpaired) electrons. The zero-order valence-electron chi connectivity index (χ0n) is 16.4. The van der Waals surface area contributed by atoms with Crippen LogP contribution >= 0.6 is 23.7 Å². The van der Waals surface area contributed by atoms with Crippen LogP contribution < -0.4 is 15.5 Å². The normalized spacial score (nSPS) is 11.0. The molecule has 5 nitrogen and oxygen atoms in total. The summed E-state index contributed by atoms with van der Waals surface area (Å²) in [5.41, 5.74) is 2.02. The Balaban J connectivity index is 0.00000280. The van der Waals surface area contributed by atoms with E-state index in [1.165, 1.54) is 0 Å². The molecular weight excluding hydrogens is 396 g/mol. The summed E-state index contributed by atoms with van der Waals surface area (Å²) in [4.78, 5) is 15.4. The number of anilines is 1. The molecule has 2 N–H and O–H groups in total. The fourth-order valence-electron chi connectivity index (χ4n) is 3.26. The average molecular weight is 423 g/mol. The number of aliphatic hydroxyl groups is 1. The van der Waals surface area contributed by atoms with Gasteiger partial charge in [0, 0.05) is 40.1 Å². The van der Waals surface area contributed by atoms with Crippen molar-refractivity contribution in [2.75, 3.05) is 45.2 Å². The third-order valence-electron chi connectivity index (χ3n) is 4.83. The minimum absolute atomic E-state index is 0. The maximum atomic E-state index is 13.2. The number of fused-ring (bicyclic) bond motifs is 2. The maximum Gasteiger partial charge on any atom is 0.197 e. The fourth-order valence-corrected chi connectivity index (χ4v) is 4.45. The standard InChI is InChI=1S/C21H26N2O3S.ClH/c1-4-23(11-12-24)10-9-22-17-8-5-14(2)21-19(17)20(25)16-7-6-15(26-3)13-18(16)27-21;/h5-8,13,22,24H,4,9-12H2,1-3H3;1H. The van der Waals surface area contributed by atoms with Gasteiger partial charge in [0.2, 0.25) is 0 Å². The Morgan fingerprint density at radius 3 is 2.68 bits per heavy atom. The highest BCUT2D eigenvalue weighted by Gasteiger charge is 2.13. The summed E-state index contributed by atoms with van der Waals surface area (Å²) in [7, 11) is 1.63. The van der Waals surface area contributed by atoms with Gasteiger partial charge < -0.3 is 15.2 Å². The number of hydrogen-bond acceptors (Lipinski definition) is 6. The predicted octanol–water partition coefficient (Wildman–Crippen LogP) is 3.88. The van der Waals surface area contributed by atoms with E-state index in [1.54, 1.807) is 18.4 Å². The van der Waals surface area contributed by atoms with Crippen molar-refractivity contribution in [3.05, 3.63) is 46.1 Å². The van der Waals surface area contributed by atoms with Gasteiger partial charge in [0.25, 0.3) is 0 Å². The van der Waals surface area contributed by atoms with E-state index in [0.29, 0.717) is 6.54 Å². The Bertz CT molecular complexity index is 1010. The number of aryl methyl sites for hydroxylation is 1. The number of benzene rings is 2. The van der Waals surface area contributed by atoms with Crippen molar-refractivity contribution in [3.8, 4) is 5.75 Å². The highest BCUT2D eigenvalue weighted by Crippen LogP contribution is 2.33. The largest absolute Gasteiger partial charge is 0.497 e. The van der Waals surface area contributed by atoms with Crippen molar-refractivity contribution in [2.45, 2.75) is 13.8 Å². The van der Waals surface area contributed by atoms with E-state index < -0.39 is 0 Å². The van der Waals surface area contributed by atoms with Gasteiger partial charge in [-0.3, -0.25) is 9.69 Å². The number of halogens is 1. The van der Waals surface area contributed by atoms with Gasteiger partial charge in [-0.1, -0.05) is 13.0 Å². The SMILES string of the molecule is CCN(CCO)CCNc1ccc(C)c2sc3cc(OC)ccc3c(=O)c12.Cl. The van der Waals surface area contributed by atoms with Crippen molar-refractivity contribution in [2.24, 2.45) is 0 Å². The van der Waals surface area contributed by atoms with Crippen molar-refractivity contribution < 1.29 is 9.84 Å². The lowest BCUT2D eigenvalue weighted by atomic mass is 10.1. The quantitative estimate of drug-likeness (QED) is 0.539. The number of methoxy groups -OCH3 is 1. The number of aliphatic hydroxyl groups excluding tert-OH is 1. The van der Waals surface area contributed by atoms with Crippen LogP contribution in [0.5, 0.6) is 5.75 Å². The second-order valence-electron chi connectivity index (χ2n) is 6.51. The lowest BCUT2D eigenvalue weighted by Crippen LogP contribution is -2.31. The number of ether oxygens (including phenoxy) is 1. The van der Waals surface area contributed by atoms with E-state index in [1.807, 2.05) is 31.2 Å². The molecule has 1 heterocycles. The molecule has 2 aromatic carbocycles. The zero-order chi connectivity index (χ0) is 19.4. The summed E-state index contributed by atoms with van der Waals surface area (Å²) in [5, 5.41) is 14.0. The van der Waals surface area contributed by atoms with Crippen LogP contribution in [0.4, 0.5) is 5.69 Å². The summed E-state index contributed by atoms with van der Waals surface area (Å²) < 4.78 is 7.25. The summed E-state index contributed by atoms with van der Waals surface area (Å²) in [6.07, 6.45) is 0. The Morgan fingerprint density at radius 1 is 1.21 bits per heavy atom. The Labute approximate surface area is 175 Å². The summed E-state index contributed by atoms with van der Waals surface area (Å²) in [6.45, 7) is 7.35. The van der Waals surface area contributed by atoms with E-state index in [2.05, 4.69) is 23.2 Å². The molecule has 0 fully saturated rings. The zero-order valence-corrected chi connectivity index (χ0v) is 18.1. The molecule has 0 atom stereocenters. The average Bonchev–Trinajstić information content (AvgIpc) is 2.68. The molecule has 3 rings (SSSR count). The topological polar surface area (TPSA) is 61.8 Å². The Hall–Kier alpha value is -1.86. The maximum absolute atomic E-state index is 13.2. The summed E-state index contributed by atoms with van der Waals surface area (Å²) >= 11 is 1.62. The molecule has 0 saturated carbocycles. The van der Waals surface area contributed by atoms with Crippen LogP contribution in [0.1, 0.15) is 12.5 Å². The molecule has 152 valence electrons. The van der Waals surface area contributed by atoms with Crippen LogP contribution in [0, 0.1) is 6.92 Å². The molecule has 7 heteroatoms. The number of rotatable bonds is 8. The van der Waals surface area contributed by atoms with E-state index >= 15 is 0 Å². The highest BCUT2D eigenvalue weighted by atomic mass is 35.5. The van der Waals surface area contributed by atoms with E-state index in [4.69, 9.17) is 9.84 Å². The molecule has 0 aliphatic carbocycles. The minimum Gasteiger partial charge on any atom is -0.497 e. The number of nitrogens with zero attached hydrogens (tertiary/aromatic N) is 1. The lowest BCUT2D eigenvalue weighted by Gasteiger charge is -2.20. The first-order valence-electron chi connectivity index (χ1n) is 9.20. The van der Waals surface area contributed by atoms with E-state index in [9.17, 15) is 4.79 Å². The molecule has 0 saturated heterocycles. The van der Waals surface area contributed by atoms with Gasteiger partial charge >= 0.3 is 0 Å². The smallest absolute Gasteiger partial charge is 0.197 e. The number of nitrogens with one attached hydrogen (secondary N) is 1. The van der Waals surface area contributed by atoms with Gasteiger partial charge in [-0.25, -0.2) is 0 Å². The van der Waals surface area contributed by atoms with Crippen LogP contribution in [0.15, 0.2) is 35.1 Å². The molecular formula is C21H27ClN2O3S. The minimum atomic E-state index is 0. The molecule has 0 aliphatic rings. The number of likely N-dealkylation sites (N-methyl/N-ethyl adjacent to an activating group) is 1. The predicted molar refractivity (Wildman–Crippen MR) is 122 cm³/mol. The third-order valence-corrected chi connectivity index (χ3v) is 6.12. The van der Waals surface area contributed by atoms with E-state index in [-0.39, 0.29) is 24.4 Å². The van der Waals surface area contributed by atoms with Crippen LogP contribution in [0.2, 0.25) is 0 Å². The summed E-state index contributed by atoms with van der Waals surface area (Å²) in [6, 6.07) is 9.65. The molecule has 1 aromatic heterocycles. The van der Waals surface area contributed by atoms with Crippen LogP contribution in [-0.2, 0) is 0 Å². The monoisotopic (exact) mass is 422 g/mol. The summed E-state index contributed by atoms with van der Waals surface area (Å²) in [5.74, 6) is 0.757. The molecule has 0 aliphatic heterocycles. The van der Waals surface area contributed by atoms with Gasteiger partial charge in [-0.2, -0.15) is 0 Å². The van der Waals surface area contributed by atoms with Crippen molar-refractivity contribution in [1.29, 1.82) is 0 Å². The van der Waals surface area contributed by atoms with Gasteiger partial charge in [0.15, 0.2) is 5.43 Å². The molecule has 28 heavy (non-hydrogen) atoms.